The molecule has 0 bridgehead atoms. The lowest BCUT2D eigenvalue weighted by molar-refractivity contribution is 0.00811. The summed E-state index contributed by atoms with van der Waals surface area (Å²) in [6.45, 7) is 1.67. The number of para-hydroxylation sites is 1. The Hall–Kier alpha value is -1.60. The predicted molar refractivity (Wildman–Crippen MR) is 91.0 cm³/mol. The number of anilines is 1. The van der Waals surface area contributed by atoms with Gasteiger partial charge in [-0.2, -0.15) is 0 Å². The average molecular weight is 350 g/mol. The Morgan fingerprint density at radius 3 is 2.71 bits per heavy atom. The van der Waals surface area contributed by atoms with E-state index in [9.17, 15) is 13.2 Å². The molecule has 2 saturated heterocycles. The third kappa shape index (κ3) is 2.91. The number of ether oxygens (including phenoxy) is 1. The Morgan fingerprint density at radius 1 is 1.21 bits per heavy atom. The molecule has 4 rings (SSSR count). The van der Waals surface area contributed by atoms with Gasteiger partial charge in [0.05, 0.1) is 23.2 Å². The number of nitrogens with one attached hydrogen (secondary N) is 1. The standard InChI is InChI=1S/C17H22N2O4S/c20-17(18-14-11-16-12(14)5-8-23-16)13-3-1-2-4-15(13)19-6-9-24(21,22)10-7-19/h1-4,12,14,16H,5-11H2,(H,18,20)/t12-,14-,16+/m1/s1. The first-order chi connectivity index (χ1) is 11.5. The summed E-state index contributed by atoms with van der Waals surface area (Å²) in [6, 6.07) is 7.64. The fourth-order valence-electron chi connectivity index (χ4n) is 3.90. The molecule has 0 radical (unpaired) electrons. The number of sulfone groups is 1. The van der Waals surface area contributed by atoms with Gasteiger partial charge in [-0.15, -0.1) is 0 Å². The molecular formula is C17H22N2O4S. The minimum absolute atomic E-state index is 0.0746. The number of rotatable bonds is 3. The Kier molecular flexibility index (Phi) is 4.00. The maximum Gasteiger partial charge on any atom is 0.253 e. The smallest absolute Gasteiger partial charge is 0.253 e. The summed E-state index contributed by atoms with van der Waals surface area (Å²) in [4.78, 5) is 14.7. The first kappa shape index (κ1) is 15.9. The summed E-state index contributed by atoms with van der Waals surface area (Å²) in [5.41, 5.74) is 1.45. The molecule has 1 N–H and O–H groups in total. The molecule has 3 fully saturated rings. The highest BCUT2D eigenvalue weighted by molar-refractivity contribution is 7.91. The van der Waals surface area contributed by atoms with Crippen molar-refractivity contribution in [1.82, 2.24) is 5.32 Å². The molecule has 24 heavy (non-hydrogen) atoms. The lowest BCUT2D eigenvalue weighted by Crippen LogP contribution is -2.53. The van der Waals surface area contributed by atoms with Crippen LogP contribution in [-0.4, -0.2) is 57.7 Å². The molecule has 1 aromatic carbocycles. The summed E-state index contributed by atoms with van der Waals surface area (Å²) >= 11 is 0. The van der Waals surface area contributed by atoms with E-state index in [-0.39, 0.29) is 23.5 Å². The van der Waals surface area contributed by atoms with Crippen LogP contribution in [0.25, 0.3) is 0 Å². The van der Waals surface area contributed by atoms with Crippen LogP contribution < -0.4 is 10.2 Å². The Bertz CT molecular complexity index is 735. The molecule has 1 aliphatic carbocycles. The number of fused-ring (bicyclic) bond motifs is 1. The molecule has 0 aromatic heterocycles. The maximum absolute atomic E-state index is 12.7. The molecule has 1 saturated carbocycles. The van der Waals surface area contributed by atoms with Crippen LogP contribution in [0.4, 0.5) is 5.69 Å². The topological polar surface area (TPSA) is 75.7 Å². The van der Waals surface area contributed by atoms with Crippen molar-refractivity contribution in [3.8, 4) is 0 Å². The van der Waals surface area contributed by atoms with Crippen LogP contribution in [0.15, 0.2) is 24.3 Å². The number of amides is 1. The van der Waals surface area contributed by atoms with E-state index in [2.05, 4.69) is 5.32 Å². The number of carbonyl (C=O) groups is 1. The van der Waals surface area contributed by atoms with E-state index in [1.165, 1.54) is 0 Å². The first-order valence-corrected chi connectivity index (χ1v) is 10.3. The van der Waals surface area contributed by atoms with Crippen molar-refractivity contribution < 1.29 is 17.9 Å². The Labute approximate surface area is 142 Å². The van der Waals surface area contributed by atoms with Gasteiger partial charge in [0, 0.05) is 37.3 Å². The Morgan fingerprint density at radius 2 is 1.96 bits per heavy atom. The van der Waals surface area contributed by atoms with Crippen molar-refractivity contribution >= 4 is 21.4 Å². The van der Waals surface area contributed by atoms with Crippen molar-refractivity contribution in [2.24, 2.45) is 5.92 Å². The van der Waals surface area contributed by atoms with E-state index >= 15 is 0 Å². The van der Waals surface area contributed by atoms with Crippen molar-refractivity contribution in [3.05, 3.63) is 29.8 Å². The number of nitrogens with zero attached hydrogens (tertiary/aromatic N) is 1. The predicted octanol–water partition coefficient (Wildman–Crippen LogP) is 0.829. The molecule has 6 nitrogen and oxygen atoms in total. The minimum Gasteiger partial charge on any atom is -0.378 e. The van der Waals surface area contributed by atoms with Crippen LogP contribution >= 0.6 is 0 Å². The van der Waals surface area contributed by atoms with E-state index in [0.29, 0.717) is 30.7 Å². The highest BCUT2D eigenvalue weighted by Gasteiger charge is 2.45. The molecule has 1 amide bonds. The molecule has 2 aliphatic heterocycles. The van der Waals surface area contributed by atoms with Crippen molar-refractivity contribution in [1.29, 1.82) is 0 Å². The van der Waals surface area contributed by atoms with Crippen LogP contribution in [0.3, 0.4) is 0 Å². The zero-order chi connectivity index (χ0) is 16.7. The summed E-state index contributed by atoms with van der Waals surface area (Å²) in [5, 5.41) is 3.14. The third-order valence-corrected chi connectivity index (χ3v) is 7.02. The number of hydrogen-bond donors (Lipinski definition) is 1. The number of hydrogen-bond acceptors (Lipinski definition) is 5. The van der Waals surface area contributed by atoms with Crippen molar-refractivity contribution in [2.75, 3.05) is 36.1 Å². The van der Waals surface area contributed by atoms with E-state index in [0.717, 1.165) is 25.1 Å². The lowest BCUT2D eigenvalue weighted by atomic mass is 9.76. The number of benzene rings is 1. The van der Waals surface area contributed by atoms with E-state index in [4.69, 9.17) is 4.74 Å². The van der Waals surface area contributed by atoms with Crippen LogP contribution in [0, 0.1) is 5.92 Å². The van der Waals surface area contributed by atoms with Crippen LogP contribution in [0.5, 0.6) is 0 Å². The molecular weight excluding hydrogens is 328 g/mol. The van der Waals surface area contributed by atoms with Crippen LogP contribution in [0.1, 0.15) is 23.2 Å². The molecule has 0 unspecified atom stereocenters. The molecule has 7 heteroatoms. The summed E-state index contributed by atoms with van der Waals surface area (Å²) in [6.07, 6.45) is 2.22. The van der Waals surface area contributed by atoms with Gasteiger partial charge in [-0.25, -0.2) is 8.42 Å². The van der Waals surface area contributed by atoms with E-state index < -0.39 is 9.84 Å². The molecule has 3 atom stereocenters. The van der Waals surface area contributed by atoms with Crippen molar-refractivity contribution in [3.63, 3.8) is 0 Å². The second kappa shape index (κ2) is 6.04. The highest BCUT2D eigenvalue weighted by Crippen LogP contribution is 2.38. The fraction of sp³-hybridized carbons (Fsp3) is 0.588. The molecule has 1 aromatic rings. The normalized spacial score (nSPS) is 31.2. The Balaban J connectivity index is 1.48. The van der Waals surface area contributed by atoms with Gasteiger partial charge in [-0.05, 0) is 25.0 Å². The van der Waals surface area contributed by atoms with Gasteiger partial charge >= 0.3 is 0 Å². The summed E-state index contributed by atoms with van der Waals surface area (Å²) in [5.74, 6) is 0.662. The van der Waals surface area contributed by atoms with Crippen molar-refractivity contribution in [2.45, 2.75) is 25.0 Å². The van der Waals surface area contributed by atoms with Gasteiger partial charge in [-0.3, -0.25) is 4.79 Å². The fourth-order valence-corrected chi connectivity index (χ4v) is 5.11. The molecule has 2 heterocycles. The number of carbonyl (C=O) groups excluding carboxylic acids is 1. The van der Waals surface area contributed by atoms with E-state index in [1.807, 2.05) is 29.2 Å². The van der Waals surface area contributed by atoms with Crippen LogP contribution in [0.2, 0.25) is 0 Å². The second-order valence-corrected chi connectivity index (χ2v) is 9.14. The molecule has 0 spiro atoms. The molecule has 130 valence electrons. The summed E-state index contributed by atoms with van der Waals surface area (Å²) in [7, 11) is -2.94. The average Bonchev–Trinajstić information content (AvgIpc) is 2.93. The monoisotopic (exact) mass is 350 g/mol. The maximum atomic E-state index is 12.7. The molecule has 3 aliphatic rings. The first-order valence-electron chi connectivity index (χ1n) is 8.50. The van der Waals surface area contributed by atoms with Gasteiger partial charge in [0.1, 0.15) is 0 Å². The van der Waals surface area contributed by atoms with Gasteiger partial charge in [0.2, 0.25) is 0 Å². The van der Waals surface area contributed by atoms with Gasteiger partial charge in [0.25, 0.3) is 5.91 Å². The third-order valence-electron chi connectivity index (χ3n) is 5.41. The summed E-state index contributed by atoms with van der Waals surface area (Å²) < 4.78 is 28.8. The lowest BCUT2D eigenvalue weighted by Gasteiger charge is -2.39. The van der Waals surface area contributed by atoms with Crippen LogP contribution in [-0.2, 0) is 14.6 Å². The quantitative estimate of drug-likeness (QED) is 0.874. The minimum atomic E-state index is -2.94. The zero-order valence-corrected chi connectivity index (χ0v) is 14.3. The van der Waals surface area contributed by atoms with Gasteiger partial charge < -0.3 is 15.0 Å². The zero-order valence-electron chi connectivity index (χ0n) is 13.5. The van der Waals surface area contributed by atoms with Gasteiger partial charge in [0.15, 0.2) is 9.84 Å². The van der Waals surface area contributed by atoms with E-state index in [1.54, 1.807) is 0 Å². The van der Waals surface area contributed by atoms with Gasteiger partial charge in [-0.1, -0.05) is 12.1 Å². The highest BCUT2D eigenvalue weighted by atomic mass is 32.2. The second-order valence-electron chi connectivity index (χ2n) is 6.83. The largest absolute Gasteiger partial charge is 0.378 e. The SMILES string of the molecule is O=C(N[C@@H]1C[C@@H]2OCC[C@@H]21)c1ccccc1N1CCS(=O)(=O)CC1.